The van der Waals surface area contributed by atoms with Gasteiger partial charge in [0.05, 0.1) is 0 Å². The van der Waals surface area contributed by atoms with Gasteiger partial charge in [0, 0.05) is 0 Å². The molecule has 0 saturated carbocycles. The Kier molecular flexibility index (Phi) is 2.64. The van der Waals surface area contributed by atoms with Gasteiger partial charge < -0.3 is 0 Å². The second-order valence-corrected chi connectivity index (χ2v) is 10.6. The zero-order valence-electron chi connectivity index (χ0n) is 5.11. The third kappa shape index (κ3) is 2.91. The van der Waals surface area contributed by atoms with Crippen LogP contribution in [-0.4, -0.2) is 16.9 Å². The average molecular weight is 213 g/mol. The molecule has 0 heterocycles. The van der Waals surface area contributed by atoms with Crippen LogP contribution in [-0.2, 0) is 0 Å². The number of hydrogen-bond acceptors (Lipinski definition) is 1. The summed E-state index contributed by atoms with van der Waals surface area (Å²) in [6.07, 6.45) is 0. The van der Waals surface area contributed by atoms with Crippen molar-refractivity contribution >= 4 is 18.3 Å². The van der Waals surface area contributed by atoms with Crippen molar-refractivity contribution in [1.82, 2.24) is 0 Å². The first kappa shape index (κ1) is 7.27. The molecule has 0 saturated heterocycles. The van der Waals surface area contributed by atoms with Gasteiger partial charge in [0.15, 0.2) is 0 Å². The SMILES string of the molecule is C=CI(C)(C)=NC. The third-order valence-corrected chi connectivity index (χ3v) is 5.46. The molecule has 2 heteroatoms. The fraction of sp³-hybridized carbons (Fsp3) is 0.600. The normalized spacial score (nSPS) is 13.0. The van der Waals surface area contributed by atoms with Gasteiger partial charge in [-0.2, -0.15) is 0 Å². The van der Waals surface area contributed by atoms with Crippen molar-refractivity contribution in [2.75, 3.05) is 16.9 Å². The summed E-state index contributed by atoms with van der Waals surface area (Å²) in [5, 5.41) is 0. The molecule has 0 aliphatic carbocycles. The van der Waals surface area contributed by atoms with Crippen LogP contribution in [0.4, 0.5) is 0 Å². The molecule has 0 aromatic rings. The molecule has 0 fully saturated rings. The van der Waals surface area contributed by atoms with Crippen molar-refractivity contribution in [3.63, 3.8) is 0 Å². The molecule has 7 heavy (non-hydrogen) atoms. The molecule has 1 nitrogen and oxygen atoms in total. The molecule has 0 spiro atoms. The fourth-order valence-electron chi connectivity index (χ4n) is 0.0690. The Morgan fingerprint density at radius 3 is 2.00 bits per heavy atom. The van der Waals surface area contributed by atoms with E-state index in [2.05, 4.69) is 19.6 Å². The number of nitrogens with zero attached hydrogens (tertiary/aromatic N) is 1. The molecule has 0 aliphatic rings. The van der Waals surface area contributed by atoms with E-state index in [1.54, 1.807) is 0 Å². The van der Waals surface area contributed by atoms with Crippen molar-refractivity contribution in [1.29, 1.82) is 0 Å². The minimum atomic E-state index is -1.63. The van der Waals surface area contributed by atoms with E-state index in [-0.39, 0.29) is 0 Å². The predicted octanol–water partition coefficient (Wildman–Crippen LogP) is 2.25. The molecular formula is C5H12IN. The van der Waals surface area contributed by atoms with E-state index >= 15 is 0 Å². The van der Waals surface area contributed by atoms with Crippen LogP contribution in [0.1, 0.15) is 0 Å². The summed E-state index contributed by atoms with van der Waals surface area (Å²) in [5.41, 5.74) is 0. The van der Waals surface area contributed by atoms with Crippen LogP contribution < -0.4 is 0 Å². The van der Waals surface area contributed by atoms with Gasteiger partial charge in [-0.05, 0) is 0 Å². The van der Waals surface area contributed by atoms with E-state index in [4.69, 9.17) is 0 Å². The van der Waals surface area contributed by atoms with Gasteiger partial charge in [0.1, 0.15) is 0 Å². The first-order valence-corrected chi connectivity index (χ1v) is 8.52. The van der Waals surface area contributed by atoms with Gasteiger partial charge in [-0.1, -0.05) is 0 Å². The summed E-state index contributed by atoms with van der Waals surface area (Å²) in [6.45, 7) is 3.69. The first-order chi connectivity index (χ1) is 3.12. The van der Waals surface area contributed by atoms with Crippen molar-refractivity contribution in [3.8, 4) is 0 Å². The Morgan fingerprint density at radius 2 is 2.00 bits per heavy atom. The van der Waals surface area contributed by atoms with Gasteiger partial charge >= 0.3 is 49.0 Å². The Labute approximate surface area is 49.2 Å². The molecule has 0 amide bonds. The van der Waals surface area contributed by atoms with Crippen LogP contribution in [0.25, 0.3) is 0 Å². The standard InChI is InChI=1S/C5H12IN/c1-5-6(2,3)7-4/h5H,1H2,2-4H3. The van der Waals surface area contributed by atoms with E-state index in [1.165, 1.54) is 0 Å². The Morgan fingerprint density at radius 1 is 1.57 bits per heavy atom. The van der Waals surface area contributed by atoms with Crippen LogP contribution in [0, 0.1) is 0 Å². The van der Waals surface area contributed by atoms with Gasteiger partial charge in [0.2, 0.25) is 0 Å². The summed E-state index contributed by atoms with van der Waals surface area (Å²) in [6, 6.07) is 0. The molecule has 0 N–H and O–H groups in total. The van der Waals surface area contributed by atoms with Gasteiger partial charge in [0.25, 0.3) is 0 Å². The summed E-state index contributed by atoms with van der Waals surface area (Å²) in [7, 11) is 1.87. The van der Waals surface area contributed by atoms with Crippen molar-refractivity contribution < 1.29 is 0 Å². The van der Waals surface area contributed by atoms with E-state index in [9.17, 15) is 0 Å². The number of hydrogen-bond donors (Lipinski definition) is 0. The summed E-state index contributed by atoms with van der Waals surface area (Å²) >= 11 is -1.63. The molecule has 0 radical (unpaired) electrons. The summed E-state index contributed by atoms with van der Waals surface area (Å²) in [4.78, 5) is 4.39. The van der Waals surface area contributed by atoms with Crippen molar-refractivity contribution in [2.24, 2.45) is 3.15 Å². The quantitative estimate of drug-likeness (QED) is 0.468. The molecule has 0 aromatic heterocycles. The molecule has 0 unspecified atom stereocenters. The molecule has 0 rings (SSSR count). The second-order valence-electron chi connectivity index (χ2n) is 1.57. The summed E-state index contributed by atoms with van der Waals surface area (Å²) in [5.74, 6) is 0. The van der Waals surface area contributed by atoms with Gasteiger partial charge in [-0.25, -0.2) is 0 Å². The van der Waals surface area contributed by atoms with E-state index in [0.717, 1.165) is 0 Å². The Bertz CT molecular complexity index is 109. The van der Waals surface area contributed by atoms with Crippen LogP contribution in [0.15, 0.2) is 13.8 Å². The van der Waals surface area contributed by atoms with Crippen LogP contribution in [0.2, 0.25) is 0 Å². The maximum atomic E-state index is 4.20. The maximum absolute atomic E-state index is 4.20. The summed E-state index contributed by atoms with van der Waals surface area (Å²) < 4.78 is 6.21. The second kappa shape index (κ2) is 2.55. The Hall–Kier alpha value is 0.270. The average Bonchev–Trinajstić information content (AvgIpc) is 1.68. The van der Waals surface area contributed by atoms with Gasteiger partial charge in [-0.3, -0.25) is 0 Å². The van der Waals surface area contributed by atoms with Crippen LogP contribution in [0.3, 0.4) is 0 Å². The minimum absolute atomic E-state index is 1.63. The van der Waals surface area contributed by atoms with E-state index in [0.29, 0.717) is 0 Å². The van der Waals surface area contributed by atoms with Crippen LogP contribution >= 0.6 is 18.3 Å². The third-order valence-electron chi connectivity index (χ3n) is 0.813. The van der Waals surface area contributed by atoms with Gasteiger partial charge in [-0.15, -0.1) is 0 Å². The topological polar surface area (TPSA) is 12.4 Å². The molecule has 0 bridgehead atoms. The molecule has 0 aliphatic heterocycles. The molecule has 44 valence electrons. The van der Waals surface area contributed by atoms with Crippen molar-refractivity contribution in [3.05, 3.63) is 10.7 Å². The zero-order chi connectivity index (χ0) is 5.91. The fourth-order valence-corrected chi connectivity index (χ4v) is 0.463. The predicted molar refractivity (Wildman–Crippen MR) is 44.4 cm³/mol. The van der Waals surface area contributed by atoms with E-state index in [1.807, 2.05) is 11.1 Å². The molecule has 0 aromatic carbocycles. The number of alkyl halides is 2. The first-order valence-electron chi connectivity index (χ1n) is 2.00. The van der Waals surface area contributed by atoms with Crippen LogP contribution in [0.5, 0.6) is 0 Å². The van der Waals surface area contributed by atoms with Crippen molar-refractivity contribution in [2.45, 2.75) is 0 Å². The van der Waals surface area contributed by atoms with E-state index < -0.39 is 18.3 Å². The number of halogens is 1. The Balaban J connectivity index is 4.13. The number of rotatable bonds is 1. The monoisotopic (exact) mass is 213 g/mol. The molecular weight excluding hydrogens is 201 g/mol. The molecule has 0 atom stereocenters. The zero-order valence-corrected chi connectivity index (χ0v) is 7.27.